The van der Waals surface area contributed by atoms with E-state index in [4.69, 9.17) is 21.1 Å². The smallest absolute Gasteiger partial charge is 0.313 e. The van der Waals surface area contributed by atoms with Crippen molar-refractivity contribution in [3.63, 3.8) is 0 Å². The lowest BCUT2D eigenvalue weighted by Crippen LogP contribution is -2.67. The van der Waals surface area contributed by atoms with E-state index in [0.717, 1.165) is 0 Å². The molecule has 3 rings (SSSR count). The number of sulfonamides is 1. The number of hydrogen-bond donors (Lipinski definition) is 1. The normalized spacial score (nSPS) is 29.3. The van der Waals surface area contributed by atoms with Crippen LogP contribution in [0.25, 0.3) is 0 Å². The third kappa shape index (κ3) is 4.08. The van der Waals surface area contributed by atoms with E-state index in [1.54, 1.807) is 13.8 Å². The minimum atomic E-state index is -4.08. The largest absolute Gasteiger partial charge is 0.466 e. The number of esters is 2. The summed E-state index contributed by atoms with van der Waals surface area (Å²) in [5, 5.41) is 11.4. The number of benzene rings is 1. The highest BCUT2D eigenvalue weighted by Crippen LogP contribution is 2.45. The molecular weight excluding hydrogens is 434 g/mol. The highest BCUT2D eigenvalue weighted by atomic mass is 35.5. The van der Waals surface area contributed by atoms with E-state index in [1.807, 2.05) is 0 Å². The zero-order chi connectivity index (χ0) is 22.1. The first kappa shape index (κ1) is 23.0. The first-order valence-corrected chi connectivity index (χ1v) is 11.9. The van der Waals surface area contributed by atoms with Crippen LogP contribution in [-0.2, 0) is 29.1 Å². The van der Waals surface area contributed by atoms with Crippen LogP contribution >= 0.6 is 11.6 Å². The third-order valence-corrected chi connectivity index (χ3v) is 7.94. The number of carbonyl (C=O) groups excluding carboxylic acids is 2. The van der Waals surface area contributed by atoms with Gasteiger partial charge in [0.05, 0.1) is 24.2 Å². The molecule has 2 bridgehead atoms. The van der Waals surface area contributed by atoms with Crippen molar-refractivity contribution >= 4 is 33.6 Å². The summed E-state index contributed by atoms with van der Waals surface area (Å²) in [5.41, 5.74) is 0. The van der Waals surface area contributed by atoms with E-state index < -0.39 is 52.0 Å². The summed E-state index contributed by atoms with van der Waals surface area (Å²) in [7, 11) is -4.08. The van der Waals surface area contributed by atoms with Gasteiger partial charge in [0.25, 0.3) is 0 Å². The number of rotatable bonds is 6. The van der Waals surface area contributed by atoms with E-state index in [1.165, 1.54) is 28.6 Å². The van der Waals surface area contributed by atoms with Crippen LogP contribution in [0.4, 0.5) is 0 Å². The first-order valence-electron chi connectivity index (χ1n) is 10.0. The second-order valence-corrected chi connectivity index (χ2v) is 9.68. The molecule has 30 heavy (non-hydrogen) atoms. The van der Waals surface area contributed by atoms with Crippen LogP contribution in [0.3, 0.4) is 0 Å². The number of fused-ring (bicyclic) bond motifs is 2. The van der Waals surface area contributed by atoms with E-state index in [2.05, 4.69) is 0 Å². The lowest BCUT2D eigenvalue weighted by Gasteiger charge is -2.52. The Hall–Kier alpha value is -1.68. The van der Waals surface area contributed by atoms with Gasteiger partial charge in [0.2, 0.25) is 10.0 Å². The minimum Gasteiger partial charge on any atom is -0.466 e. The second-order valence-electron chi connectivity index (χ2n) is 7.40. The molecular formula is C20H26ClNO7S. The van der Waals surface area contributed by atoms with Gasteiger partial charge in [0.1, 0.15) is 11.8 Å². The van der Waals surface area contributed by atoms with Crippen molar-refractivity contribution in [3.05, 3.63) is 29.3 Å². The molecule has 0 radical (unpaired) electrons. The number of halogens is 1. The fourth-order valence-corrected chi connectivity index (χ4v) is 6.58. The predicted octanol–water partition coefficient (Wildman–Crippen LogP) is 1.98. The number of aliphatic hydroxyl groups is 1. The zero-order valence-electron chi connectivity index (χ0n) is 16.9. The Morgan fingerprint density at radius 2 is 1.50 bits per heavy atom. The highest BCUT2D eigenvalue weighted by molar-refractivity contribution is 7.89. The fraction of sp³-hybridized carbons (Fsp3) is 0.600. The molecule has 4 atom stereocenters. The van der Waals surface area contributed by atoms with Gasteiger partial charge in [-0.1, -0.05) is 18.0 Å². The lowest BCUT2D eigenvalue weighted by atomic mass is 9.71. The maximum absolute atomic E-state index is 13.6. The van der Waals surface area contributed by atoms with Crippen molar-refractivity contribution in [2.45, 2.75) is 56.2 Å². The molecule has 2 saturated heterocycles. The third-order valence-electron chi connectivity index (χ3n) is 5.73. The van der Waals surface area contributed by atoms with Crippen molar-refractivity contribution in [2.24, 2.45) is 11.8 Å². The Bertz CT molecular complexity index is 855. The van der Waals surface area contributed by atoms with Crippen LogP contribution in [0.15, 0.2) is 29.2 Å². The molecule has 0 spiro atoms. The number of carbonyl (C=O) groups is 2. The number of ether oxygens (including phenoxy) is 2. The molecule has 2 fully saturated rings. The van der Waals surface area contributed by atoms with Crippen LogP contribution in [-0.4, -0.2) is 61.2 Å². The Morgan fingerprint density at radius 1 is 1.03 bits per heavy atom. The van der Waals surface area contributed by atoms with E-state index in [0.29, 0.717) is 24.3 Å². The maximum Gasteiger partial charge on any atom is 0.313 e. The maximum atomic E-state index is 13.6. The van der Waals surface area contributed by atoms with Gasteiger partial charge in [-0.05, 0) is 51.0 Å². The van der Waals surface area contributed by atoms with Gasteiger partial charge in [0, 0.05) is 17.1 Å². The molecule has 2 aliphatic rings. The zero-order valence-corrected chi connectivity index (χ0v) is 18.4. The SMILES string of the molecule is CCOC(=O)C1C(O)C(C(=O)OCC)C2CCCC1N2S(=O)(=O)c1ccc(Cl)cc1. The Balaban J connectivity index is 2.11. The van der Waals surface area contributed by atoms with Crippen molar-refractivity contribution in [1.29, 1.82) is 0 Å². The van der Waals surface area contributed by atoms with Crippen molar-refractivity contribution in [2.75, 3.05) is 13.2 Å². The van der Waals surface area contributed by atoms with Gasteiger partial charge >= 0.3 is 11.9 Å². The molecule has 8 nitrogen and oxygen atoms in total. The van der Waals surface area contributed by atoms with Crippen LogP contribution in [0.2, 0.25) is 5.02 Å². The minimum absolute atomic E-state index is 0.00501. The molecule has 1 aromatic rings. The molecule has 2 heterocycles. The highest BCUT2D eigenvalue weighted by Gasteiger charge is 2.59. The predicted molar refractivity (Wildman–Crippen MR) is 108 cm³/mol. The lowest BCUT2D eigenvalue weighted by molar-refractivity contribution is -0.177. The topological polar surface area (TPSA) is 110 Å². The average Bonchev–Trinajstić information content (AvgIpc) is 2.68. The summed E-state index contributed by atoms with van der Waals surface area (Å²) in [6.45, 7) is 3.40. The summed E-state index contributed by atoms with van der Waals surface area (Å²) in [6.07, 6.45) is -0.0330. The number of piperidine rings is 2. The van der Waals surface area contributed by atoms with E-state index in [-0.39, 0.29) is 18.1 Å². The first-order chi connectivity index (χ1) is 14.2. The molecule has 1 aromatic carbocycles. The Kier molecular flexibility index (Phi) is 7.06. The van der Waals surface area contributed by atoms with Crippen LogP contribution < -0.4 is 0 Å². The molecule has 10 heteroatoms. The van der Waals surface area contributed by atoms with Gasteiger partial charge in [-0.2, -0.15) is 4.31 Å². The summed E-state index contributed by atoms with van der Waals surface area (Å²) in [5.74, 6) is -3.81. The number of aliphatic hydroxyl groups excluding tert-OH is 1. The van der Waals surface area contributed by atoms with Crippen molar-refractivity contribution < 1.29 is 32.6 Å². The van der Waals surface area contributed by atoms with Gasteiger partial charge in [-0.15, -0.1) is 0 Å². The van der Waals surface area contributed by atoms with Gasteiger partial charge in [-0.25, -0.2) is 8.42 Å². The van der Waals surface area contributed by atoms with E-state index in [9.17, 15) is 23.1 Å². The standard InChI is InChI=1S/C20H26ClNO7S/c1-3-28-19(24)16-14-6-5-7-15(17(18(16)23)20(25)29-4-2)22(14)30(26,27)13-10-8-12(21)9-11-13/h8-11,14-18,23H,3-7H2,1-2H3. The average molecular weight is 460 g/mol. The summed E-state index contributed by atoms with van der Waals surface area (Å²) in [6, 6.07) is 4.07. The molecule has 0 amide bonds. The van der Waals surface area contributed by atoms with Gasteiger partial charge < -0.3 is 14.6 Å². The molecule has 1 N–H and O–H groups in total. The van der Waals surface area contributed by atoms with Crippen LogP contribution in [0, 0.1) is 11.8 Å². The summed E-state index contributed by atoms with van der Waals surface area (Å²) >= 11 is 5.90. The van der Waals surface area contributed by atoms with Crippen LogP contribution in [0.5, 0.6) is 0 Å². The monoisotopic (exact) mass is 459 g/mol. The van der Waals surface area contributed by atoms with Gasteiger partial charge in [0.15, 0.2) is 0 Å². The Labute approximate surface area is 181 Å². The molecule has 4 unspecified atom stereocenters. The quantitative estimate of drug-likeness (QED) is 0.647. The summed E-state index contributed by atoms with van der Waals surface area (Å²) < 4.78 is 38.6. The molecule has 0 aromatic heterocycles. The molecule has 2 aliphatic heterocycles. The summed E-state index contributed by atoms with van der Waals surface area (Å²) in [4.78, 5) is 25.4. The molecule has 0 saturated carbocycles. The fourth-order valence-electron chi connectivity index (χ4n) is 4.55. The number of hydrogen-bond acceptors (Lipinski definition) is 7. The van der Waals surface area contributed by atoms with Crippen LogP contribution in [0.1, 0.15) is 33.1 Å². The Morgan fingerprint density at radius 3 is 1.93 bits per heavy atom. The number of nitrogens with zero attached hydrogens (tertiary/aromatic N) is 1. The molecule has 0 aliphatic carbocycles. The van der Waals surface area contributed by atoms with Crippen molar-refractivity contribution in [1.82, 2.24) is 4.31 Å². The molecule has 166 valence electrons. The van der Waals surface area contributed by atoms with E-state index >= 15 is 0 Å². The van der Waals surface area contributed by atoms with Gasteiger partial charge in [-0.3, -0.25) is 9.59 Å². The van der Waals surface area contributed by atoms with Crippen molar-refractivity contribution in [3.8, 4) is 0 Å². The second kappa shape index (κ2) is 9.21.